The molecule has 19 heavy (non-hydrogen) atoms. The second-order valence-corrected chi connectivity index (χ2v) is 6.84. The van der Waals surface area contributed by atoms with Crippen molar-refractivity contribution in [3.8, 4) is 0 Å². The molecule has 0 saturated carbocycles. The van der Waals surface area contributed by atoms with Crippen LogP contribution in [0.1, 0.15) is 25.6 Å². The molecule has 1 N–H and O–H groups in total. The Hall–Kier alpha value is -0.920. The van der Waals surface area contributed by atoms with Crippen LogP contribution in [-0.2, 0) is 17.1 Å². The Bertz CT molecular complexity index is 512. The van der Waals surface area contributed by atoms with E-state index in [1.54, 1.807) is 22.0 Å². The van der Waals surface area contributed by atoms with Crippen molar-refractivity contribution in [2.45, 2.75) is 37.8 Å². The summed E-state index contributed by atoms with van der Waals surface area (Å²) >= 11 is 0. The largest absolute Gasteiger partial charge is 0.337 e. The van der Waals surface area contributed by atoms with Gasteiger partial charge in [-0.05, 0) is 26.3 Å². The van der Waals surface area contributed by atoms with E-state index in [4.69, 9.17) is 0 Å². The van der Waals surface area contributed by atoms with Crippen LogP contribution in [0.5, 0.6) is 0 Å². The molecule has 2 heterocycles. The van der Waals surface area contributed by atoms with Gasteiger partial charge in [-0.1, -0.05) is 6.92 Å². The van der Waals surface area contributed by atoms with Gasteiger partial charge in [0.15, 0.2) is 5.03 Å². The first-order valence-corrected chi connectivity index (χ1v) is 8.13. The predicted octanol–water partition coefficient (Wildman–Crippen LogP) is 0.491. The minimum absolute atomic E-state index is 0.0484. The van der Waals surface area contributed by atoms with E-state index >= 15 is 0 Å². The third-order valence-corrected chi connectivity index (χ3v) is 5.37. The number of imidazole rings is 1. The number of rotatable bonds is 5. The van der Waals surface area contributed by atoms with Crippen molar-refractivity contribution >= 4 is 10.0 Å². The average molecular weight is 286 g/mol. The van der Waals surface area contributed by atoms with Gasteiger partial charge in [-0.15, -0.1) is 0 Å². The first kappa shape index (κ1) is 14.5. The molecule has 2 rings (SSSR count). The molecule has 6 nitrogen and oxygen atoms in total. The fourth-order valence-corrected chi connectivity index (χ4v) is 4.15. The lowest BCUT2D eigenvalue weighted by Crippen LogP contribution is -2.42. The zero-order valence-electron chi connectivity index (χ0n) is 11.8. The van der Waals surface area contributed by atoms with Gasteiger partial charge < -0.3 is 9.88 Å². The summed E-state index contributed by atoms with van der Waals surface area (Å²) in [5.74, 6) is 0.708. The summed E-state index contributed by atoms with van der Waals surface area (Å²) in [4.78, 5) is 4.17. The van der Waals surface area contributed by atoms with Crippen molar-refractivity contribution < 1.29 is 8.42 Å². The summed E-state index contributed by atoms with van der Waals surface area (Å²) in [6, 6.07) is 0.0484. The van der Waals surface area contributed by atoms with Gasteiger partial charge in [0.05, 0.1) is 0 Å². The first-order chi connectivity index (χ1) is 8.96. The summed E-state index contributed by atoms with van der Waals surface area (Å²) in [6.45, 7) is 5.95. The lowest BCUT2D eigenvalue weighted by atomic mass is 10.2. The minimum atomic E-state index is -3.49. The molecule has 1 saturated heterocycles. The number of nitrogens with one attached hydrogen (secondary N) is 1. The Balaban J connectivity index is 2.33. The van der Waals surface area contributed by atoms with Gasteiger partial charge in [0.2, 0.25) is 0 Å². The fourth-order valence-electron chi connectivity index (χ4n) is 2.38. The lowest BCUT2D eigenvalue weighted by molar-refractivity contribution is 0.334. The molecule has 1 aromatic heterocycles. The van der Waals surface area contributed by atoms with Crippen molar-refractivity contribution in [1.82, 2.24) is 19.2 Å². The van der Waals surface area contributed by atoms with Gasteiger partial charge in [-0.25, -0.2) is 13.4 Å². The quantitative estimate of drug-likeness (QED) is 0.855. The van der Waals surface area contributed by atoms with Gasteiger partial charge in [0.25, 0.3) is 10.0 Å². The smallest absolute Gasteiger partial charge is 0.262 e. The molecule has 0 aromatic carbocycles. The minimum Gasteiger partial charge on any atom is -0.337 e. The van der Waals surface area contributed by atoms with Gasteiger partial charge >= 0.3 is 0 Å². The number of hydrogen-bond donors (Lipinski definition) is 1. The standard InChI is InChI=1S/C12H22N4O2S/c1-4-7-16(11-5-6-13-8-11)19(17,18)12-9-15(3)10(2)14-12/h9,11,13H,4-8H2,1-3H3/t11-/m0/s1. The maximum atomic E-state index is 12.7. The van der Waals surface area contributed by atoms with E-state index in [2.05, 4.69) is 10.3 Å². The molecular formula is C12H22N4O2S. The molecule has 0 radical (unpaired) electrons. The maximum absolute atomic E-state index is 12.7. The third kappa shape index (κ3) is 2.82. The number of nitrogens with zero attached hydrogens (tertiary/aromatic N) is 3. The zero-order chi connectivity index (χ0) is 14.0. The summed E-state index contributed by atoms with van der Waals surface area (Å²) in [5, 5.41) is 3.38. The Labute approximate surface area is 114 Å². The molecule has 1 aliphatic heterocycles. The molecule has 108 valence electrons. The molecule has 1 aliphatic rings. The Kier molecular flexibility index (Phi) is 4.27. The van der Waals surface area contributed by atoms with E-state index in [9.17, 15) is 8.42 Å². The molecule has 0 spiro atoms. The summed E-state index contributed by atoms with van der Waals surface area (Å²) in [7, 11) is -1.68. The van der Waals surface area contributed by atoms with Crippen LogP contribution in [0.25, 0.3) is 0 Å². The van der Waals surface area contributed by atoms with Crippen LogP contribution in [0, 0.1) is 6.92 Å². The normalized spacial score (nSPS) is 20.3. The lowest BCUT2D eigenvalue weighted by Gasteiger charge is -2.26. The van der Waals surface area contributed by atoms with E-state index in [1.807, 2.05) is 14.0 Å². The summed E-state index contributed by atoms with van der Waals surface area (Å²) in [5.41, 5.74) is 0. The van der Waals surface area contributed by atoms with Crippen LogP contribution in [0.2, 0.25) is 0 Å². The maximum Gasteiger partial charge on any atom is 0.262 e. The molecule has 0 bridgehead atoms. The Morgan fingerprint density at radius 1 is 1.58 bits per heavy atom. The highest BCUT2D eigenvalue weighted by Gasteiger charge is 2.34. The molecule has 0 amide bonds. The van der Waals surface area contributed by atoms with E-state index in [-0.39, 0.29) is 11.1 Å². The van der Waals surface area contributed by atoms with Crippen molar-refractivity contribution in [2.24, 2.45) is 7.05 Å². The van der Waals surface area contributed by atoms with Crippen molar-refractivity contribution in [3.63, 3.8) is 0 Å². The number of aromatic nitrogens is 2. The monoisotopic (exact) mass is 286 g/mol. The van der Waals surface area contributed by atoms with Crippen LogP contribution < -0.4 is 5.32 Å². The Morgan fingerprint density at radius 2 is 2.32 bits per heavy atom. The van der Waals surface area contributed by atoms with Crippen molar-refractivity contribution in [1.29, 1.82) is 0 Å². The summed E-state index contributed by atoms with van der Waals surface area (Å²) < 4.78 is 28.7. The van der Waals surface area contributed by atoms with Gasteiger partial charge in [-0.2, -0.15) is 4.31 Å². The molecule has 7 heteroatoms. The van der Waals surface area contributed by atoms with Crippen LogP contribution >= 0.6 is 0 Å². The highest BCUT2D eigenvalue weighted by atomic mass is 32.2. The first-order valence-electron chi connectivity index (χ1n) is 6.69. The third-order valence-electron chi connectivity index (χ3n) is 3.55. The second kappa shape index (κ2) is 5.60. The second-order valence-electron chi connectivity index (χ2n) is 5.00. The topological polar surface area (TPSA) is 67.2 Å². The van der Waals surface area contributed by atoms with Crippen LogP contribution in [-0.4, -0.2) is 48.0 Å². The van der Waals surface area contributed by atoms with E-state index in [1.165, 1.54) is 0 Å². The Morgan fingerprint density at radius 3 is 2.79 bits per heavy atom. The molecule has 1 atom stereocenters. The van der Waals surface area contributed by atoms with Crippen LogP contribution in [0.4, 0.5) is 0 Å². The zero-order valence-corrected chi connectivity index (χ0v) is 12.6. The van der Waals surface area contributed by atoms with E-state index < -0.39 is 10.0 Å². The highest BCUT2D eigenvalue weighted by Crippen LogP contribution is 2.20. The summed E-state index contributed by atoms with van der Waals surface area (Å²) in [6.07, 6.45) is 3.27. The highest BCUT2D eigenvalue weighted by molar-refractivity contribution is 7.89. The van der Waals surface area contributed by atoms with Crippen LogP contribution in [0.3, 0.4) is 0 Å². The van der Waals surface area contributed by atoms with Crippen molar-refractivity contribution in [3.05, 3.63) is 12.0 Å². The van der Waals surface area contributed by atoms with Gasteiger partial charge in [0.1, 0.15) is 5.82 Å². The average Bonchev–Trinajstić information content (AvgIpc) is 2.97. The molecule has 1 aromatic rings. The van der Waals surface area contributed by atoms with Crippen LogP contribution in [0.15, 0.2) is 11.2 Å². The SMILES string of the molecule is CCCN([C@H]1CCNC1)S(=O)(=O)c1cn(C)c(C)n1. The molecule has 0 aliphatic carbocycles. The number of sulfonamides is 1. The van der Waals surface area contributed by atoms with Gasteiger partial charge in [-0.3, -0.25) is 0 Å². The fraction of sp³-hybridized carbons (Fsp3) is 0.750. The van der Waals surface area contributed by atoms with Gasteiger partial charge in [0, 0.05) is 32.4 Å². The molecule has 1 fully saturated rings. The number of aryl methyl sites for hydroxylation is 2. The van der Waals surface area contributed by atoms with E-state index in [0.717, 1.165) is 25.9 Å². The molecule has 0 unspecified atom stereocenters. The van der Waals surface area contributed by atoms with Crippen molar-refractivity contribution in [2.75, 3.05) is 19.6 Å². The predicted molar refractivity (Wildman–Crippen MR) is 73.4 cm³/mol. The number of hydrogen-bond acceptors (Lipinski definition) is 4. The molecular weight excluding hydrogens is 264 g/mol. The van der Waals surface area contributed by atoms with E-state index in [0.29, 0.717) is 12.4 Å².